The molecule has 0 amide bonds. The molecule has 0 saturated heterocycles. The molecule has 0 fully saturated rings. The first-order valence-electron chi connectivity index (χ1n) is 9.40. The van der Waals surface area contributed by atoms with E-state index in [-0.39, 0.29) is 18.2 Å². The van der Waals surface area contributed by atoms with Crippen LogP contribution in [0.1, 0.15) is 29.7 Å². The molecule has 0 radical (unpaired) electrons. The van der Waals surface area contributed by atoms with Gasteiger partial charge in [-0.3, -0.25) is 9.36 Å². The van der Waals surface area contributed by atoms with Crippen molar-refractivity contribution < 1.29 is 9.53 Å². The Kier molecular flexibility index (Phi) is 5.02. The van der Waals surface area contributed by atoms with Gasteiger partial charge in [0.15, 0.2) is 0 Å². The van der Waals surface area contributed by atoms with Gasteiger partial charge in [-0.1, -0.05) is 42.5 Å². The number of nitrogens with zero attached hydrogens (tertiary/aromatic N) is 5. The molecule has 2 heterocycles. The Bertz CT molecular complexity index is 1220. The third-order valence-electron chi connectivity index (χ3n) is 5.18. The van der Waals surface area contributed by atoms with E-state index in [4.69, 9.17) is 10.00 Å². The first-order valence-corrected chi connectivity index (χ1v) is 9.40. The zero-order valence-corrected chi connectivity index (χ0v) is 16.5. The Morgan fingerprint density at radius 1 is 1.17 bits per heavy atom. The summed E-state index contributed by atoms with van der Waals surface area (Å²) in [6.07, 6.45) is 0. The minimum atomic E-state index is -0.775. The van der Waals surface area contributed by atoms with Crippen molar-refractivity contribution in [2.24, 2.45) is 10.9 Å². The zero-order valence-electron chi connectivity index (χ0n) is 16.5. The summed E-state index contributed by atoms with van der Waals surface area (Å²) in [6, 6.07) is 17.7. The number of fused-ring (bicyclic) bond motifs is 1. The highest BCUT2D eigenvalue weighted by Gasteiger charge is 2.40. The molecule has 2 atom stereocenters. The summed E-state index contributed by atoms with van der Waals surface area (Å²) < 4.78 is 7.77. The molecule has 0 N–H and O–H groups in total. The minimum absolute atomic E-state index is 0.239. The number of hydrogen-bond donors (Lipinski definition) is 0. The van der Waals surface area contributed by atoms with E-state index >= 15 is 0 Å². The van der Waals surface area contributed by atoms with Crippen molar-refractivity contribution in [3.8, 4) is 6.07 Å². The normalized spacial score (nSPS) is 17.6. The van der Waals surface area contributed by atoms with Gasteiger partial charge in [-0.05, 0) is 30.2 Å². The Hall–Kier alpha value is -3.99. The number of esters is 1. The van der Waals surface area contributed by atoms with Crippen molar-refractivity contribution in [3.05, 3.63) is 81.8 Å². The molecular weight excluding hydrogens is 382 g/mol. The lowest BCUT2D eigenvalue weighted by Crippen LogP contribution is -2.40. The van der Waals surface area contributed by atoms with Gasteiger partial charge in [0, 0.05) is 5.71 Å². The highest BCUT2D eigenvalue weighted by molar-refractivity contribution is 6.03. The topological polar surface area (TPSA) is 102 Å². The number of methoxy groups -OCH3 is 1. The molecule has 3 aromatic rings. The van der Waals surface area contributed by atoms with Crippen LogP contribution in [-0.2, 0) is 16.1 Å². The molecule has 8 nitrogen and oxygen atoms in total. The molecule has 1 aliphatic rings. The quantitative estimate of drug-likeness (QED) is 0.625. The molecule has 0 aliphatic carbocycles. The molecule has 0 saturated carbocycles. The van der Waals surface area contributed by atoms with Gasteiger partial charge < -0.3 is 4.74 Å². The molecule has 1 aromatic heterocycles. The van der Waals surface area contributed by atoms with Gasteiger partial charge in [-0.2, -0.15) is 5.26 Å². The van der Waals surface area contributed by atoms with E-state index < -0.39 is 17.9 Å². The highest BCUT2D eigenvalue weighted by Crippen LogP contribution is 2.35. The lowest BCUT2D eigenvalue weighted by atomic mass is 9.88. The van der Waals surface area contributed by atoms with E-state index in [2.05, 4.69) is 16.2 Å². The van der Waals surface area contributed by atoms with Crippen LogP contribution in [-0.4, -0.2) is 33.1 Å². The number of aliphatic imine (C=N–C) groups is 1. The van der Waals surface area contributed by atoms with E-state index in [9.17, 15) is 9.59 Å². The van der Waals surface area contributed by atoms with Crippen molar-refractivity contribution in [2.75, 3.05) is 7.11 Å². The molecule has 0 bridgehead atoms. The summed E-state index contributed by atoms with van der Waals surface area (Å²) in [6.45, 7) is 2.01. The van der Waals surface area contributed by atoms with Gasteiger partial charge in [0.05, 0.1) is 31.3 Å². The maximum Gasteiger partial charge on any atom is 0.348 e. The second-order valence-electron chi connectivity index (χ2n) is 7.03. The molecule has 2 aromatic carbocycles. The zero-order chi connectivity index (χ0) is 21.3. The highest BCUT2D eigenvalue weighted by atomic mass is 16.5. The van der Waals surface area contributed by atoms with Crippen molar-refractivity contribution in [1.82, 2.24) is 14.3 Å². The first-order chi connectivity index (χ1) is 14.5. The van der Waals surface area contributed by atoms with E-state index in [0.717, 1.165) is 5.56 Å². The number of rotatable bonds is 4. The molecule has 1 aliphatic heterocycles. The fourth-order valence-electron chi connectivity index (χ4n) is 3.72. The van der Waals surface area contributed by atoms with Crippen LogP contribution in [0.15, 0.2) is 64.4 Å². The number of aromatic nitrogens is 3. The predicted octanol–water partition coefficient (Wildman–Crippen LogP) is 2.45. The third-order valence-corrected chi connectivity index (χ3v) is 5.18. The van der Waals surface area contributed by atoms with Crippen molar-refractivity contribution >= 4 is 17.6 Å². The third kappa shape index (κ3) is 3.31. The molecule has 0 spiro atoms. The summed E-state index contributed by atoms with van der Waals surface area (Å²) in [5.41, 5.74) is 2.26. The van der Waals surface area contributed by atoms with Crippen LogP contribution in [0.2, 0.25) is 0 Å². The number of nitriles is 1. The molecule has 4 rings (SSSR count). The van der Waals surface area contributed by atoms with Crippen molar-refractivity contribution in [3.63, 3.8) is 0 Å². The number of carbonyl (C=O) groups is 1. The average Bonchev–Trinajstić information content (AvgIpc) is 3.07. The maximum atomic E-state index is 13.3. The molecular formula is C22H19N5O3. The average molecular weight is 401 g/mol. The molecule has 30 heavy (non-hydrogen) atoms. The standard InChI is InChI=1S/C22H19N5O3/c1-14-18(20(28)30-2)19(17-10-8-15(12-23)9-11-17)27-21(24-14)25-26(22(27)29)13-16-6-4-3-5-7-16/h3-11,18-19H,13H2,1-2H3. The summed E-state index contributed by atoms with van der Waals surface area (Å²) >= 11 is 0. The van der Waals surface area contributed by atoms with Crippen LogP contribution >= 0.6 is 0 Å². The summed E-state index contributed by atoms with van der Waals surface area (Å²) in [4.78, 5) is 30.3. The molecule has 150 valence electrons. The van der Waals surface area contributed by atoms with E-state index in [0.29, 0.717) is 16.8 Å². The number of hydrogen-bond acceptors (Lipinski definition) is 6. The summed E-state index contributed by atoms with van der Waals surface area (Å²) in [5.74, 6) is -1.02. The van der Waals surface area contributed by atoms with Gasteiger partial charge in [0.2, 0.25) is 0 Å². The number of ether oxygens (including phenoxy) is 1. The Balaban J connectivity index is 1.86. The van der Waals surface area contributed by atoms with E-state index in [1.807, 2.05) is 30.3 Å². The monoisotopic (exact) mass is 401 g/mol. The maximum absolute atomic E-state index is 13.3. The van der Waals surface area contributed by atoms with Crippen molar-refractivity contribution in [2.45, 2.75) is 19.5 Å². The summed E-state index contributed by atoms with van der Waals surface area (Å²) in [5, 5.41) is 13.5. The van der Waals surface area contributed by atoms with E-state index in [1.165, 1.54) is 16.4 Å². The van der Waals surface area contributed by atoms with Crippen LogP contribution < -0.4 is 5.69 Å². The van der Waals surface area contributed by atoms with E-state index in [1.54, 1.807) is 31.2 Å². The van der Waals surface area contributed by atoms with Gasteiger partial charge in [-0.15, -0.1) is 5.10 Å². The van der Waals surface area contributed by atoms with Crippen molar-refractivity contribution in [1.29, 1.82) is 5.26 Å². The number of benzene rings is 2. The Morgan fingerprint density at radius 3 is 2.50 bits per heavy atom. The largest absolute Gasteiger partial charge is 0.468 e. The van der Waals surface area contributed by atoms with Crippen LogP contribution in [0, 0.1) is 17.2 Å². The second-order valence-corrected chi connectivity index (χ2v) is 7.03. The SMILES string of the molecule is COC(=O)C1C(C)=Nc2nn(Cc3ccccc3)c(=O)n2C1c1ccc(C#N)cc1. The van der Waals surface area contributed by atoms with Gasteiger partial charge >= 0.3 is 11.7 Å². The summed E-state index contributed by atoms with van der Waals surface area (Å²) in [7, 11) is 1.31. The smallest absolute Gasteiger partial charge is 0.348 e. The predicted molar refractivity (Wildman–Crippen MR) is 110 cm³/mol. The Labute approximate surface area is 172 Å². The van der Waals surface area contributed by atoms with Crippen LogP contribution in [0.5, 0.6) is 0 Å². The Morgan fingerprint density at radius 2 is 1.87 bits per heavy atom. The van der Waals surface area contributed by atoms with Crippen LogP contribution in [0.25, 0.3) is 0 Å². The number of carbonyl (C=O) groups excluding carboxylic acids is 1. The van der Waals surface area contributed by atoms with Gasteiger partial charge in [0.1, 0.15) is 5.92 Å². The lowest BCUT2D eigenvalue weighted by Gasteiger charge is -2.29. The van der Waals surface area contributed by atoms with Crippen LogP contribution in [0.4, 0.5) is 5.95 Å². The first kappa shape index (κ1) is 19.3. The molecule has 8 heteroatoms. The molecule has 2 unspecified atom stereocenters. The van der Waals surface area contributed by atoms with Gasteiger partial charge in [0.25, 0.3) is 5.95 Å². The minimum Gasteiger partial charge on any atom is -0.468 e. The lowest BCUT2D eigenvalue weighted by molar-refractivity contribution is -0.144. The van der Waals surface area contributed by atoms with Gasteiger partial charge in [-0.25, -0.2) is 14.5 Å². The fourth-order valence-corrected chi connectivity index (χ4v) is 3.72. The van der Waals surface area contributed by atoms with Crippen LogP contribution in [0.3, 0.4) is 0 Å². The second kappa shape index (κ2) is 7.79. The fraction of sp³-hybridized carbons (Fsp3) is 0.227.